The summed E-state index contributed by atoms with van der Waals surface area (Å²) in [6.45, 7) is 2.12. The summed E-state index contributed by atoms with van der Waals surface area (Å²) in [4.78, 5) is 0. The maximum Gasteiger partial charge on any atom is 0.337 e. The van der Waals surface area contributed by atoms with Crippen molar-refractivity contribution in [2.45, 2.75) is 25.4 Å². The molecule has 2 nitrogen and oxygen atoms in total. The molecule has 0 aliphatic carbocycles. The fraction of sp³-hybridized carbons (Fsp3) is 1.00. The van der Waals surface area contributed by atoms with E-state index in [-0.39, 0.29) is 0 Å². The van der Waals surface area contributed by atoms with E-state index >= 15 is 0 Å². The van der Waals surface area contributed by atoms with Crippen LogP contribution in [0.15, 0.2) is 0 Å². The van der Waals surface area contributed by atoms with Gasteiger partial charge in [-0.1, -0.05) is 6.92 Å². The van der Waals surface area contributed by atoms with E-state index in [0.29, 0.717) is 0 Å². The molecule has 0 saturated carbocycles. The Morgan fingerprint density at radius 2 is 1.82 bits per heavy atom. The molecule has 0 N–H and O–H groups in total. The molecular formula is C7H18O2SSi. The van der Waals surface area contributed by atoms with Crippen molar-refractivity contribution in [1.82, 2.24) is 0 Å². The van der Waals surface area contributed by atoms with Crippen LogP contribution in [-0.2, 0) is 8.85 Å². The van der Waals surface area contributed by atoms with Gasteiger partial charge in [0.25, 0.3) is 0 Å². The van der Waals surface area contributed by atoms with Gasteiger partial charge in [-0.05, 0) is 24.3 Å². The van der Waals surface area contributed by atoms with E-state index in [0.717, 1.165) is 24.3 Å². The number of thiol groups is 1. The molecule has 0 atom stereocenters. The molecule has 0 saturated heterocycles. The SMILES string of the molecule is CC[Si](CCCS)(OC)OC. The Labute approximate surface area is 75.9 Å². The number of rotatable bonds is 6. The van der Waals surface area contributed by atoms with E-state index < -0.39 is 8.56 Å². The van der Waals surface area contributed by atoms with E-state index in [9.17, 15) is 0 Å². The molecule has 0 aromatic heterocycles. The Morgan fingerprint density at radius 3 is 2.09 bits per heavy atom. The van der Waals surface area contributed by atoms with Crippen molar-refractivity contribution in [3.63, 3.8) is 0 Å². The van der Waals surface area contributed by atoms with Crippen LogP contribution in [0.3, 0.4) is 0 Å². The summed E-state index contributed by atoms with van der Waals surface area (Å²) < 4.78 is 10.8. The third-order valence-corrected chi connectivity index (χ3v) is 6.00. The Balaban J connectivity index is 3.84. The van der Waals surface area contributed by atoms with Crippen LogP contribution in [0.2, 0.25) is 12.1 Å². The van der Waals surface area contributed by atoms with Gasteiger partial charge in [-0.25, -0.2) is 0 Å². The lowest BCUT2D eigenvalue weighted by Crippen LogP contribution is -2.38. The average Bonchev–Trinajstić information content (AvgIpc) is 2.08. The zero-order chi connectivity index (χ0) is 8.74. The highest BCUT2D eigenvalue weighted by Crippen LogP contribution is 2.18. The van der Waals surface area contributed by atoms with Crippen LogP contribution in [0.1, 0.15) is 13.3 Å². The first-order valence-corrected chi connectivity index (χ1v) is 6.82. The van der Waals surface area contributed by atoms with Crippen LogP contribution < -0.4 is 0 Å². The molecule has 4 heteroatoms. The van der Waals surface area contributed by atoms with Crippen molar-refractivity contribution in [3.05, 3.63) is 0 Å². The molecule has 0 aliphatic heterocycles. The maximum atomic E-state index is 5.42. The van der Waals surface area contributed by atoms with Gasteiger partial charge < -0.3 is 8.85 Å². The van der Waals surface area contributed by atoms with Crippen LogP contribution in [-0.4, -0.2) is 28.5 Å². The Bertz CT molecular complexity index is 88.2. The van der Waals surface area contributed by atoms with Gasteiger partial charge in [0.2, 0.25) is 0 Å². The van der Waals surface area contributed by atoms with Crippen LogP contribution in [0, 0.1) is 0 Å². The van der Waals surface area contributed by atoms with Crippen molar-refractivity contribution in [2.24, 2.45) is 0 Å². The number of hydrogen-bond donors (Lipinski definition) is 1. The molecular weight excluding hydrogens is 176 g/mol. The monoisotopic (exact) mass is 194 g/mol. The van der Waals surface area contributed by atoms with Gasteiger partial charge in [0.1, 0.15) is 0 Å². The van der Waals surface area contributed by atoms with Crippen LogP contribution in [0.4, 0.5) is 0 Å². The van der Waals surface area contributed by atoms with Crippen molar-refractivity contribution in [1.29, 1.82) is 0 Å². The molecule has 0 rings (SSSR count). The lowest BCUT2D eigenvalue weighted by atomic mass is 10.6. The first-order chi connectivity index (χ1) is 5.24. The van der Waals surface area contributed by atoms with Gasteiger partial charge in [-0.15, -0.1) is 0 Å². The summed E-state index contributed by atoms with van der Waals surface area (Å²) in [5, 5.41) is 0. The lowest BCUT2D eigenvalue weighted by Gasteiger charge is -2.25. The van der Waals surface area contributed by atoms with Crippen LogP contribution >= 0.6 is 12.6 Å². The normalized spacial score (nSPS) is 12.0. The van der Waals surface area contributed by atoms with E-state index in [1.54, 1.807) is 14.2 Å². The minimum atomic E-state index is -1.79. The first kappa shape index (κ1) is 11.5. The molecule has 0 aliphatic rings. The molecule has 0 unspecified atom stereocenters. The minimum absolute atomic E-state index is 0.918. The van der Waals surface area contributed by atoms with Gasteiger partial charge in [0.05, 0.1) is 0 Å². The van der Waals surface area contributed by atoms with Crippen molar-refractivity contribution < 1.29 is 8.85 Å². The van der Waals surface area contributed by atoms with Crippen molar-refractivity contribution >= 4 is 21.2 Å². The zero-order valence-electron chi connectivity index (χ0n) is 7.59. The molecule has 0 aromatic rings. The summed E-state index contributed by atoms with van der Waals surface area (Å²) in [6.07, 6.45) is 1.09. The second-order valence-corrected chi connectivity index (χ2v) is 6.79. The standard InChI is InChI=1S/C7H18O2SSi/c1-4-11(8-2,9-3)7-5-6-10/h10H,4-7H2,1-3H3. The largest absolute Gasteiger partial charge is 0.398 e. The molecule has 68 valence electrons. The summed E-state index contributed by atoms with van der Waals surface area (Å²) in [5.74, 6) is 0.918. The lowest BCUT2D eigenvalue weighted by molar-refractivity contribution is 0.242. The van der Waals surface area contributed by atoms with Crippen molar-refractivity contribution in [3.8, 4) is 0 Å². The molecule has 0 heterocycles. The summed E-state index contributed by atoms with van der Waals surface area (Å²) in [5.41, 5.74) is 0. The highest BCUT2D eigenvalue weighted by atomic mass is 32.1. The van der Waals surface area contributed by atoms with E-state index in [2.05, 4.69) is 19.6 Å². The molecule has 0 aromatic carbocycles. The molecule has 0 amide bonds. The predicted octanol–water partition coefficient (Wildman–Crippen LogP) is 2.06. The highest BCUT2D eigenvalue weighted by molar-refractivity contribution is 7.80. The smallest absolute Gasteiger partial charge is 0.337 e. The quantitative estimate of drug-likeness (QED) is 0.515. The van der Waals surface area contributed by atoms with Crippen LogP contribution in [0.25, 0.3) is 0 Å². The molecule has 0 fully saturated rings. The zero-order valence-corrected chi connectivity index (χ0v) is 9.49. The summed E-state index contributed by atoms with van der Waals surface area (Å²) in [6, 6.07) is 2.08. The van der Waals surface area contributed by atoms with Crippen molar-refractivity contribution in [2.75, 3.05) is 20.0 Å². The molecule has 0 radical (unpaired) electrons. The second kappa shape index (κ2) is 6.05. The minimum Gasteiger partial charge on any atom is -0.398 e. The summed E-state index contributed by atoms with van der Waals surface area (Å²) >= 11 is 4.16. The predicted molar refractivity (Wildman–Crippen MR) is 53.5 cm³/mol. The van der Waals surface area contributed by atoms with Crippen LogP contribution in [0.5, 0.6) is 0 Å². The third kappa shape index (κ3) is 3.60. The van der Waals surface area contributed by atoms with Gasteiger partial charge in [0, 0.05) is 14.2 Å². The summed E-state index contributed by atoms with van der Waals surface area (Å²) in [7, 11) is 1.71. The molecule has 11 heavy (non-hydrogen) atoms. The maximum absolute atomic E-state index is 5.42. The fourth-order valence-corrected chi connectivity index (χ4v) is 3.78. The Hall–Kier alpha value is 0.487. The topological polar surface area (TPSA) is 18.5 Å². The average molecular weight is 194 g/mol. The van der Waals surface area contributed by atoms with Gasteiger partial charge in [0.15, 0.2) is 0 Å². The van der Waals surface area contributed by atoms with Gasteiger partial charge in [-0.3, -0.25) is 0 Å². The molecule has 0 spiro atoms. The van der Waals surface area contributed by atoms with Gasteiger partial charge >= 0.3 is 8.56 Å². The number of hydrogen-bond acceptors (Lipinski definition) is 3. The Morgan fingerprint density at radius 1 is 1.27 bits per heavy atom. The Kier molecular flexibility index (Phi) is 6.32. The van der Waals surface area contributed by atoms with E-state index in [1.807, 2.05) is 0 Å². The first-order valence-electron chi connectivity index (χ1n) is 3.96. The van der Waals surface area contributed by atoms with Gasteiger partial charge in [-0.2, -0.15) is 12.6 Å². The third-order valence-electron chi connectivity index (χ3n) is 2.00. The van der Waals surface area contributed by atoms with E-state index in [1.165, 1.54) is 0 Å². The molecule has 0 bridgehead atoms. The second-order valence-electron chi connectivity index (χ2n) is 2.50. The fourth-order valence-electron chi connectivity index (χ4n) is 1.10. The highest BCUT2D eigenvalue weighted by Gasteiger charge is 2.31. The van der Waals surface area contributed by atoms with E-state index in [4.69, 9.17) is 8.85 Å².